The molecule has 2 heterocycles. The highest BCUT2D eigenvalue weighted by atomic mass is 16.6. The number of rotatable bonds is 1. The number of hydrogen-bond donors (Lipinski definition) is 4. The van der Waals surface area contributed by atoms with Crippen LogP contribution >= 0.6 is 0 Å². The highest BCUT2D eigenvalue weighted by Gasteiger charge is 2.27. The largest absolute Gasteiger partial charge is 0.444 e. The van der Waals surface area contributed by atoms with Gasteiger partial charge in [0, 0.05) is 32.2 Å². The van der Waals surface area contributed by atoms with Crippen molar-refractivity contribution >= 4 is 18.2 Å². The van der Waals surface area contributed by atoms with E-state index < -0.39 is 17.7 Å². The quantitative estimate of drug-likeness (QED) is 0.509. The second kappa shape index (κ2) is 8.75. The summed E-state index contributed by atoms with van der Waals surface area (Å²) >= 11 is 0. The van der Waals surface area contributed by atoms with E-state index in [1.54, 1.807) is 25.7 Å². The molecule has 0 aromatic rings. The van der Waals surface area contributed by atoms with Gasteiger partial charge in [-0.15, -0.1) is 0 Å². The standard InChI is InChI=1S/C10H19N3O3.C5H11N3O/c1-10(2,3)16-9(15)12-7-4-5-13(6-7)8(11)14;6-4-1-2-8(3-4)5(7)9/h7H,4-6H2,1-3H3,(H2,11,14)(H,12,15);4H,1-3,6H2,(H2,7,9). The Balaban J connectivity index is 0.000000293. The first kappa shape index (κ1) is 20.8. The van der Waals surface area contributed by atoms with Gasteiger partial charge in [-0.05, 0) is 33.6 Å². The fraction of sp³-hybridized carbons (Fsp3) is 0.800. The predicted octanol–water partition coefficient (Wildman–Crippen LogP) is -0.238. The zero-order valence-electron chi connectivity index (χ0n) is 15.2. The van der Waals surface area contributed by atoms with E-state index in [0.717, 1.165) is 13.0 Å². The molecule has 0 bridgehead atoms. The minimum absolute atomic E-state index is 0.0673. The molecule has 2 unspecified atom stereocenters. The summed E-state index contributed by atoms with van der Waals surface area (Å²) in [5, 5.41) is 2.71. The maximum Gasteiger partial charge on any atom is 0.407 e. The number of carbonyl (C=O) groups is 3. The van der Waals surface area contributed by atoms with E-state index in [1.165, 1.54) is 4.90 Å². The van der Waals surface area contributed by atoms with Crippen molar-refractivity contribution in [3.8, 4) is 0 Å². The molecule has 144 valence electrons. The monoisotopic (exact) mass is 358 g/mol. The fourth-order valence-electron chi connectivity index (χ4n) is 2.54. The van der Waals surface area contributed by atoms with Crippen LogP contribution in [0.2, 0.25) is 0 Å². The number of carbonyl (C=O) groups excluding carboxylic acids is 3. The first-order valence-electron chi connectivity index (χ1n) is 8.32. The summed E-state index contributed by atoms with van der Waals surface area (Å²) in [6.07, 6.45) is 1.13. The first-order chi connectivity index (χ1) is 11.5. The molecule has 2 aliphatic heterocycles. The summed E-state index contributed by atoms with van der Waals surface area (Å²) in [6, 6.07) is -0.740. The average molecular weight is 358 g/mol. The van der Waals surface area contributed by atoms with Crippen LogP contribution in [0.3, 0.4) is 0 Å². The Labute approximate surface area is 148 Å². The maximum absolute atomic E-state index is 11.4. The van der Waals surface area contributed by atoms with Gasteiger partial charge in [-0.3, -0.25) is 0 Å². The van der Waals surface area contributed by atoms with Crippen LogP contribution in [0.1, 0.15) is 33.6 Å². The molecule has 0 aromatic heterocycles. The molecule has 0 aromatic carbocycles. The molecular weight excluding hydrogens is 328 g/mol. The number of ether oxygens (including phenoxy) is 1. The lowest BCUT2D eigenvalue weighted by molar-refractivity contribution is 0.0506. The van der Waals surface area contributed by atoms with Gasteiger partial charge in [0.25, 0.3) is 0 Å². The number of hydrogen-bond acceptors (Lipinski definition) is 5. The van der Waals surface area contributed by atoms with Gasteiger partial charge in [-0.25, -0.2) is 14.4 Å². The third-order valence-corrected chi connectivity index (χ3v) is 3.76. The highest BCUT2D eigenvalue weighted by Crippen LogP contribution is 2.11. The van der Waals surface area contributed by atoms with Crippen molar-refractivity contribution < 1.29 is 19.1 Å². The van der Waals surface area contributed by atoms with Gasteiger partial charge in [-0.2, -0.15) is 0 Å². The van der Waals surface area contributed by atoms with Crippen molar-refractivity contribution in [2.24, 2.45) is 17.2 Å². The van der Waals surface area contributed by atoms with Gasteiger partial charge in [0.2, 0.25) is 0 Å². The lowest BCUT2D eigenvalue weighted by Crippen LogP contribution is -2.42. The van der Waals surface area contributed by atoms with Gasteiger partial charge in [0.05, 0.1) is 6.04 Å². The van der Waals surface area contributed by atoms with Crippen LogP contribution in [0.15, 0.2) is 0 Å². The van der Waals surface area contributed by atoms with Crippen LogP contribution in [-0.2, 0) is 4.74 Å². The second-order valence-corrected chi connectivity index (χ2v) is 7.25. The van der Waals surface area contributed by atoms with Gasteiger partial charge >= 0.3 is 18.2 Å². The Morgan fingerprint density at radius 2 is 1.52 bits per heavy atom. The van der Waals surface area contributed by atoms with Crippen LogP contribution in [0.25, 0.3) is 0 Å². The van der Waals surface area contributed by atoms with Crippen molar-refractivity contribution in [1.82, 2.24) is 15.1 Å². The molecule has 10 nitrogen and oxygen atoms in total. The zero-order valence-corrected chi connectivity index (χ0v) is 15.2. The number of alkyl carbamates (subject to hydrolysis) is 1. The van der Waals surface area contributed by atoms with Gasteiger partial charge in [-0.1, -0.05) is 0 Å². The molecule has 5 amide bonds. The van der Waals surface area contributed by atoms with E-state index in [4.69, 9.17) is 21.9 Å². The highest BCUT2D eigenvalue weighted by molar-refractivity contribution is 5.73. The minimum atomic E-state index is -0.508. The molecule has 2 saturated heterocycles. The Morgan fingerprint density at radius 1 is 1.00 bits per heavy atom. The number of likely N-dealkylation sites (tertiary alicyclic amines) is 2. The number of primary amides is 2. The van der Waals surface area contributed by atoms with E-state index in [2.05, 4.69) is 5.32 Å². The van der Waals surface area contributed by atoms with Crippen molar-refractivity contribution in [2.45, 2.75) is 51.3 Å². The van der Waals surface area contributed by atoms with E-state index >= 15 is 0 Å². The summed E-state index contributed by atoms with van der Waals surface area (Å²) < 4.78 is 5.11. The minimum Gasteiger partial charge on any atom is -0.444 e. The van der Waals surface area contributed by atoms with Crippen molar-refractivity contribution in [3.05, 3.63) is 0 Å². The van der Waals surface area contributed by atoms with Crippen LogP contribution < -0.4 is 22.5 Å². The molecule has 25 heavy (non-hydrogen) atoms. The van der Waals surface area contributed by atoms with Crippen molar-refractivity contribution in [3.63, 3.8) is 0 Å². The molecular formula is C15H30N6O4. The molecule has 7 N–H and O–H groups in total. The van der Waals surface area contributed by atoms with Gasteiger partial charge < -0.3 is 37.1 Å². The number of nitrogens with two attached hydrogens (primary N) is 3. The molecule has 0 aliphatic carbocycles. The normalized spacial score (nSPS) is 22.9. The summed E-state index contributed by atoms with van der Waals surface area (Å²) in [5.41, 5.74) is 15.1. The predicted molar refractivity (Wildman–Crippen MR) is 92.7 cm³/mol. The average Bonchev–Trinajstić information content (AvgIpc) is 3.06. The molecule has 10 heteroatoms. The molecule has 2 rings (SSSR count). The number of amides is 5. The van der Waals surface area contributed by atoms with Crippen molar-refractivity contribution in [1.29, 1.82) is 0 Å². The third-order valence-electron chi connectivity index (χ3n) is 3.76. The van der Waals surface area contributed by atoms with Crippen LogP contribution in [-0.4, -0.2) is 71.8 Å². The Morgan fingerprint density at radius 3 is 1.88 bits per heavy atom. The Hall–Kier alpha value is -2.23. The van der Waals surface area contributed by atoms with Gasteiger partial charge in [0.15, 0.2) is 0 Å². The van der Waals surface area contributed by atoms with Crippen LogP contribution in [0, 0.1) is 0 Å². The summed E-state index contributed by atoms with van der Waals surface area (Å²) in [7, 11) is 0. The maximum atomic E-state index is 11.4. The SMILES string of the molecule is CC(C)(C)OC(=O)NC1CCN(C(N)=O)C1.NC(=O)N1CCC(N)C1. The lowest BCUT2D eigenvalue weighted by Gasteiger charge is -2.21. The van der Waals surface area contributed by atoms with E-state index in [0.29, 0.717) is 26.1 Å². The van der Waals surface area contributed by atoms with Crippen molar-refractivity contribution in [2.75, 3.05) is 26.2 Å². The number of urea groups is 2. The Bertz CT molecular complexity index is 493. The molecule has 2 atom stereocenters. The van der Waals surface area contributed by atoms with E-state index in [9.17, 15) is 14.4 Å². The third kappa shape index (κ3) is 7.92. The number of nitrogens with one attached hydrogen (secondary N) is 1. The molecule has 2 fully saturated rings. The first-order valence-corrected chi connectivity index (χ1v) is 8.32. The summed E-state index contributed by atoms with van der Waals surface area (Å²) in [6.45, 7) is 7.78. The van der Waals surface area contributed by atoms with E-state index in [1.807, 2.05) is 0 Å². The van der Waals surface area contributed by atoms with Gasteiger partial charge in [0.1, 0.15) is 5.60 Å². The zero-order chi connectivity index (χ0) is 19.2. The topological polar surface area (TPSA) is 157 Å². The van der Waals surface area contributed by atoms with Crippen LogP contribution in [0.5, 0.6) is 0 Å². The molecule has 2 aliphatic rings. The van der Waals surface area contributed by atoms with E-state index in [-0.39, 0.29) is 18.1 Å². The summed E-state index contributed by atoms with van der Waals surface area (Å²) in [4.78, 5) is 35.8. The smallest absolute Gasteiger partial charge is 0.407 e. The molecule has 0 saturated carbocycles. The molecule has 0 radical (unpaired) electrons. The van der Waals surface area contributed by atoms with Crippen LogP contribution in [0.4, 0.5) is 14.4 Å². The number of nitrogens with zero attached hydrogens (tertiary/aromatic N) is 2. The second-order valence-electron chi connectivity index (χ2n) is 7.25. The lowest BCUT2D eigenvalue weighted by atomic mass is 10.2. The molecule has 0 spiro atoms. The Kier molecular flexibility index (Phi) is 7.28. The summed E-state index contributed by atoms with van der Waals surface area (Å²) in [5.74, 6) is 0. The fourth-order valence-corrected chi connectivity index (χ4v) is 2.54.